The maximum Gasteiger partial charge on any atom is 0.337 e. The number of hydrogen-bond donors (Lipinski definition) is 3. The molecule has 1 heterocycles. The van der Waals surface area contributed by atoms with Crippen LogP contribution in [0, 0.1) is 16.7 Å². The Morgan fingerprint density at radius 1 is 1.69 bits per heavy atom. The molecular weight excluding hydrogens is 210 g/mol. The molecule has 0 spiro atoms. The fourth-order valence-corrected chi connectivity index (χ4v) is 1.36. The molecule has 1 aliphatic heterocycles. The maximum atomic E-state index is 11.0. The molecule has 7 heteroatoms. The number of aliphatic imine (C=N–C) groups is 2. The van der Waals surface area contributed by atoms with Crippen LogP contribution < -0.4 is 11.5 Å². The van der Waals surface area contributed by atoms with E-state index in [1.807, 2.05) is 6.07 Å². The van der Waals surface area contributed by atoms with Crippen molar-refractivity contribution >= 4 is 18.0 Å². The molecule has 5 N–H and O–H groups in total. The van der Waals surface area contributed by atoms with Crippen molar-refractivity contribution in [3.8, 4) is 6.07 Å². The number of nitriles is 1. The number of carboxylic acids is 1. The smallest absolute Gasteiger partial charge is 0.337 e. The lowest BCUT2D eigenvalue weighted by Gasteiger charge is -2.23. The molecule has 0 aliphatic carbocycles. The number of nitrogens with zero attached hydrogens (tertiary/aromatic N) is 3. The standard InChI is InChI=1S/C9H11N5O2/c1-5-13-3-9(2-10,4-14-5)6(7(11)12)8(15)16/h3H,4,11-12H2,1H3,(H,15,16). The van der Waals surface area contributed by atoms with Gasteiger partial charge in [-0.3, -0.25) is 4.99 Å². The summed E-state index contributed by atoms with van der Waals surface area (Å²) in [5.74, 6) is -1.27. The van der Waals surface area contributed by atoms with E-state index in [4.69, 9.17) is 21.8 Å². The van der Waals surface area contributed by atoms with E-state index in [0.717, 1.165) is 0 Å². The number of rotatable bonds is 2. The van der Waals surface area contributed by atoms with Crippen LogP contribution in [0.15, 0.2) is 21.4 Å². The molecule has 0 aromatic carbocycles. The third kappa shape index (κ3) is 1.86. The quantitative estimate of drug-likeness (QED) is 0.524. The average Bonchev–Trinajstić information content (AvgIpc) is 2.20. The normalized spacial score (nSPS) is 23.1. The Hall–Kier alpha value is -2.36. The second kappa shape index (κ2) is 4.02. The van der Waals surface area contributed by atoms with Crippen LogP contribution in [0.4, 0.5) is 0 Å². The molecule has 16 heavy (non-hydrogen) atoms. The Morgan fingerprint density at radius 2 is 2.31 bits per heavy atom. The number of amidine groups is 1. The molecule has 84 valence electrons. The van der Waals surface area contributed by atoms with Crippen molar-refractivity contribution in [3.05, 3.63) is 11.4 Å². The van der Waals surface area contributed by atoms with Crippen molar-refractivity contribution in [3.63, 3.8) is 0 Å². The summed E-state index contributed by atoms with van der Waals surface area (Å²) < 4.78 is 0. The highest BCUT2D eigenvalue weighted by Crippen LogP contribution is 2.28. The van der Waals surface area contributed by atoms with Crippen LogP contribution in [0.3, 0.4) is 0 Å². The van der Waals surface area contributed by atoms with Gasteiger partial charge < -0.3 is 16.6 Å². The van der Waals surface area contributed by atoms with E-state index in [2.05, 4.69) is 9.98 Å². The molecule has 0 bridgehead atoms. The van der Waals surface area contributed by atoms with Gasteiger partial charge in [0, 0.05) is 6.21 Å². The van der Waals surface area contributed by atoms with Gasteiger partial charge in [-0.15, -0.1) is 0 Å². The van der Waals surface area contributed by atoms with E-state index in [1.165, 1.54) is 6.21 Å². The Bertz CT molecular complexity index is 453. The first-order chi connectivity index (χ1) is 7.43. The molecule has 7 nitrogen and oxygen atoms in total. The molecule has 0 amide bonds. The lowest BCUT2D eigenvalue weighted by atomic mass is 9.81. The summed E-state index contributed by atoms with van der Waals surface area (Å²) in [6.07, 6.45) is 1.22. The molecular formula is C9H11N5O2. The number of carbonyl (C=O) groups is 1. The minimum atomic E-state index is -1.48. The monoisotopic (exact) mass is 221 g/mol. The fourth-order valence-electron chi connectivity index (χ4n) is 1.36. The number of aliphatic carboxylic acids is 1. The van der Waals surface area contributed by atoms with Gasteiger partial charge in [0.15, 0.2) is 0 Å². The first-order valence-corrected chi connectivity index (χ1v) is 4.39. The van der Waals surface area contributed by atoms with Crippen LogP contribution in [0.5, 0.6) is 0 Å². The maximum absolute atomic E-state index is 11.0. The van der Waals surface area contributed by atoms with E-state index in [9.17, 15) is 4.79 Å². The van der Waals surface area contributed by atoms with Crippen molar-refractivity contribution in [2.45, 2.75) is 6.92 Å². The summed E-state index contributed by atoms with van der Waals surface area (Å²) in [5, 5.41) is 18.1. The SMILES string of the molecule is CC1=NCC(C#N)(C(C(=O)O)=C(N)N)C=N1. The zero-order valence-corrected chi connectivity index (χ0v) is 8.64. The molecule has 1 aliphatic rings. The lowest BCUT2D eigenvalue weighted by Crippen LogP contribution is -2.37. The van der Waals surface area contributed by atoms with Crippen LogP contribution in [-0.4, -0.2) is 29.7 Å². The van der Waals surface area contributed by atoms with E-state index < -0.39 is 17.2 Å². The van der Waals surface area contributed by atoms with Gasteiger partial charge in [-0.25, -0.2) is 9.79 Å². The molecule has 0 saturated carbocycles. The summed E-state index contributed by atoms with van der Waals surface area (Å²) in [4.78, 5) is 18.8. The zero-order valence-electron chi connectivity index (χ0n) is 8.64. The topological polar surface area (TPSA) is 138 Å². The molecule has 0 fully saturated rings. The van der Waals surface area contributed by atoms with E-state index in [1.54, 1.807) is 6.92 Å². The summed E-state index contributed by atoms with van der Waals surface area (Å²) >= 11 is 0. The molecule has 1 rings (SSSR count). The first-order valence-electron chi connectivity index (χ1n) is 4.39. The Balaban J connectivity index is 3.29. The minimum absolute atomic E-state index is 0.0433. The summed E-state index contributed by atoms with van der Waals surface area (Å²) in [5.41, 5.74) is 8.70. The van der Waals surface area contributed by atoms with Crippen LogP contribution in [0.1, 0.15) is 6.92 Å². The minimum Gasteiger partial charge on any atom is -0.478 e. The van der Waals surface area contributed by atoms with E-state index >= 15 is 0 Å². The van der Waals surface area contributed by atoms with Gasteiger partial charge in [0.2, 0.25) is 0 Å². The molecule has 1 atom stereocenters. The Labute approximate surface area is 91.8 Å². The average molecular weight is 221 g/mol. The fraction of sp³-hybridized carbons (Fsp3) is 0.333. The third-order valence-electron chi connectivity index (χ3n) is 2.18. The predicted molar refractivity (Wildman–Crippen MR) is 57.6 cm³/mol. The number of hydrogen-bond acceptors (Lipinski definition) is 6. The van der Waals surface area contributed by atoms with Crippen LogP contribution in [0.25, 0.3) is 0 Å². The van der Waals surface area contributed by atoms with Crippen molar-refractivity contribution in [2.75, 3.05) is 6.54 Å². The highest BCUT2D eigenvalue weighted by atomic mass is 16.4. The van der Waals surface area contributed by atoms with Crippen LogP contribution >= 0.6 is 0 Å². The third-order valence-corrected chi connectivity index (χ3v) is 2.18. The first kappa shape index (κ1) is 11.7. The largest absolute Gasteiger partial charge is 0.478 e. The van der Waals surface area contributed by atoms with Gasteiger partial charge in [0.25, 0.3) is 0 Å². The number of nitrogens with two attached hydrogens (primary N) is 2. The van der Waals surface area contributed by atoms with E-state index in [0.29, 0.717) is 5.84 Å². The van der Waals surface area contributed by atoms with Crippen molar-refractivity contribution < 1.29 is 9.90 Å². The van der Waals surface area contributed by atoms with Crippen LogP contribution in [-0.2, 0) is 4.79 Å². The molecule has 1 unspecified atom stereocenters. The lowest BCUT2D eigenvalue weighted by molar-refractivity contribution is -0.133. The highest BCUT2D eigenvalue weighted by Gasteiger charge is 2.40. The molecule has 0 aromatic heterocycles. The summed E-state index contributed by atoms with van der Waals surface area (Å²) in [6.45, 7) is 1.60. The van der Waals surface area contributed by atoms with Gasteiger partial charge in [-0.05, 0) is 6.92 Å². The van der Waals surface area contributed by atoms with Gasteiger partial charge in [-0.2, -0.15) is 5.26 Å². The van der Waals surface area contributed by atoms with Gasteiger partial charge in [0.05, 0.1) is 12.6 Å². The summed E-state index contributed by atoms with van der Waals surface area (Å²) in [7, 11) is 0. The van der Waals surface area contributed by atoms with Crippen molar-refractivity contribution in [1.29, 1.82) is 5.26 Å². The van der Waals surface area contributed by atoms with Crippen LogP contribution in [0.2, 0.25) is 0 Å². The molecule has 0 radical (unpaired) electrons. The zero-order chi connectivity index (χ0) is 12.3. The van der Waals surface area contributed by atoms with Crippen molar-refractivity contribution in [2.24, 2.45) is 26.9 Å². The second-order valence-corrected chi connectivity index (χ2v) is 3.34. The predicted octanol–water partition coefficient (Wildman–Crippen LogP) is -0.787. The van der Waals surface area contributed by atoms with E-state index in [-0.39, 0.29) is 12.1 Å². The van der Waals surface area contributed by atoms with Gasteiger partial charge in [-0.1, -0.05) is 0 Å². The number of carboxylic acid groups (broad SMARTS) is 1. The Morgan fingerprint density at radius 3 is 2.62 bits per heavy atom. The Kier molecular flexibility index (Phi) is 2.94. The molecule has 0 aromatic rings. The highest BCUT2D eigenvalue weighted by molar-refractivity contribution is 6.01. The summed E-state index contributed by atoms with van der Waals surface area (Å²) in [6, 6.07) is 1.85. The molecule has 0 saturated heterocycles. The second-order valence-electron chi connectivity index (χ2n) is 3.34. The van der Waals surface area contributed by atoms with Crippen molar-refractivity contribution in [1.82, 2.24) is 0 Å². The van der Waals surface area contributed by atoms with Gasteiger partial charge >= 0.3 is 5.97 Å². The van der Waals surface area contributed by atoms with Gasteiger partial charge in [0.1, 0.15) is 22.6 Å².